The standard InChI is InChI=1S/C18H18N4O3/c1-2-11-10-22-16(23)12-6-5-7-13(15(12)17(22)25-11)20-18(24)21-14-8-3-4-9-19-14/h3-9,11,17H,2,10H2,1H3,(H2,19,20,21,24). The van der Waals surface area contributed by atoms with Crippen LogP contribution in [0, 0.1) is 0 Å². The van der Waals surface area contributed by atoms with Crippen LogP contribution in [0.1, 0.15) is 35.5 Å². The van der Waals surface area contributed by atoms with Crippen molar-refractivity contribution in [1.82, 2.24) is 9.88 Å². The average molecular weight is 338 g/mol. The SMILES string of the molecule is CCC1CN2C(=O)c3cccc(NC(=O)Nc4ccccn4)c3C2O1. The third kappa shape index (κ3) is 2.72. The van der Waals surface area contributed by atoms with Gasteiger partial charge in [-0.1, -0.05) is 19.1 Å². The van der Waals surface area contributed by atoms with Crippen LogP contribution in [0.2, 0.25) is 0 Å². The van der Waals surface area contributed by atoms with Crippen LogP contribution in [0.3, 0.4) is 0 Å². The van der Waals surface area contributed by atoms with Gasteiger partial charge in [-0.05, 0) is 30.7 Å². The number of nitrogens with one attached hydrogen (secondary N) is 2. The molecule has 2 aromatic rings. The lowest BCUT2D eigenvalue weighted by Gasteiger charge is -2.16. The van der Waals surface area contributed by atoms with Gasteiger partial charge in [0.15, 0.2) is 6.23 Å². The number of rotatable bonds is 3. The van der Waals surface area contributed by atoms with Gasteiger partial charge >= 0.3 is 6.03 Å². The molecule has 0 radical (unpaired) electrons. The zero-order valence-electron chi connectivity index (χ0n) is 13.7. The minimum absolute atomic E-state index is 0.0255. The van der Waals surface area contributed by atoms with Crippen molar-refractivity contribution in [3.63, 3.8) is 0 Å². The Labute approximate surface area is 145 Å². The number of fused-ring (bicyclic) bond motifs is 3. The number of amides is 3. The highest BCUT2D eigenvalue weighted by molar-refractivity contribution is 6.04. The molecule has 128 valence electrons. The summed E-state index contributed by atoms with van der Waals surface area (Å²) in [5.41, 5.74) is 1.87. The zero-order chi connectivity index (χ0) is 17.4. The molecule has 0 saturated carbocycles. The van der Waals surface area contributed by atoms with E-state index in [1.807, 2.05) is 6.92 Å². The summed E-state index contributed by atoms with van der Waals surface area (Å²) in [7, 11) is 0. The Morgan fingerprint density at radius 1 is 1.28 bits per heavy atom. The number of carbonyl (C=O) groups excluding carboxylic acids is 2. The molecule has 0 spiro atoms. The van der Waals surface area contributed by atoms with Crippen molar-refractivity contribution in [2.45, 2.75) is 25.7 Å². The molecule has 3 amide bonds. The number of benzene rings is 1. The summed E-state index contributed by atoms with van der Waals surface area (Å²) in [4.78, 5) is 30.6. The Bertz CT molecular complexity index is 824. The van der Waals surface area contributed by atoms with Crippen LogP contribution in [-0.4, -0.2) is 34.5 Å². The molecule has 3 heterocycles. The molecule has 2 aliphatic rings. The van der Waals surface area contributed by atoms with E-state index >= 15 is 0 Å². The number of carbonyl (C=O) groups is 2. The molecule has 2 unspecified atom stereocenters. The second-order valence-electron chi connectivity index (χ2n) is 6.04. The smallest absolute Gasteiger partial charge is 0.324 e. The van der Waals surface area contributed by atoms with Crippen LogP contribution >= 0.6 is 0 Å². The molecule has 7 nitrogen and oxygen atoms in total. The second-order valence-corrected chi connectivity index (χ2v) is 6.04. The third-order valence-electron chi connectivity index (χ3n) is 4.46. The molecular formula is C18H18N4O3. The van der Waals surface area contributed by atoms with Crippen LogP contribution in [0.25, 0.3) is 0 Å². The van der Waals surface area contributed by atoms with Crippen molar-refractivity contribution in [3.8, 4) is 0 Å². The average Bonchev–Trinajstić information content (AvgIpc) is 3.15. The normalized spacial score (nSPS) is 21.0. The van der Waals surface area contributed by atoms with E-state index in [2.05, 4.69) is 15.6 Å². The number of anilines is 2. The summed E-state index contributed by atoms with van der Waals surface area (Å²) < 4.78 is 5.99. The molecular weight excluding hydrogens is 320 g/mol. The highest BCUT2D eigenvalue weighted by Crippen LogP contribution is 2.43. The van der Waals surface area contributed by atoms with Gasteiger partial charge in [-0.3, -0.25) is 10.1 Å². The second kappa shape index (κ2) is 6.18. The summed E-state index contributed by atoms with van der Waals surface area (Å²) in [5.74, 6) is 0.401. The van der Waals surface area contributed by atoms with Gasteiger partial charge in [-0.25, -0.2) is 9.78 Å². The molecule has 7 heteroatoms. The van der Waals surface area contributed by atoms with Crippen molar-refractivity contribution in [2.24, 2.45) is 0 Å². The number of pyridine rings is 1. The lowest BCUT2D eigenvalue weighted by Crippen LogP contribution is -2.25. The van der Waals surface area contributed by atoms with Crippen molar-refractivity contribution in [1.29, 1.82) is 0 Å². The summed E-state index contributed by atoms with van der Waals surface area (Å²) in [5, 5.41) is 5.48. The Balaban J connectivity index is 1.58. The highest BCUT2D eigenvalue weighted by Gasteiger charge is 2.45. The zero-order valence-corrected chi connectivity index (χ0v) is 13.7. The Hall–Kier alpha value is -2.93. The fraction of sp³-hybridized carbons (Fsp3) is 0.278. The quantitative estimate of drug-likeness (QED) is 0.901. The maximum absolute atomic E-state index is 12.6. The van der Waals surface area contributed by atoms with Gasteiger partial charge in [0.05, 0.1) is 18.3 Å². The number of urea groups is 1. The summed E-state index contributed by atoms with van der Waals surface area (Å²) in [6.07, 6.45) is 2.03. The number of ether oxygens (including phenoxy) is 1. The van der Waals surface area contributed by atoms with Crippen molar-refractivity contribution in [2.75, 3.05) is 17.2 Å². The molecule has 0 bridgehead atoms. The maximum Gasteiger partial charge on any atom is 0.324 e. The lowest BCUT2D eigenvalue weighted by atomic mass is 10.1. The van der Waals surface area contributed by atoms with Crippen LogP contribution in [0.15, 0.2) is 42.6 Å². The number of hydrogen-bond donors (Lipinski definition) is 2. The van der Waals surface area contributed by atoms with Gasteiger partial charge in [0.1, 0.15) is 5.82 Å². The molecule has 1 aromatic carbocycles. The Morgan fingerprint density at radius 3 is 2.92 bits per heavy atom. The van der Waals surface area contributed by atoms with Gasteiger partial charge in [-0.15, -0.1) is 0 Å². The fourth-order valence-electron chi connectivity index (χ4n) is 3.24. The molecule has 2 aliphatic heterocycles. The lowest BCUT2D eigenvalue weighted by molar-refractivity contribution is 0.00926. The van der Waals surface area contributed by atoms with Gasteiger partial charge in [0.25, 0.3) is 5.91 Å². The minimum Gasteiger partial charge on any atom is -0.349 e. The molecule has 2 atom stereocenters. The molecule has 25 heavy (non-hydrogen) atoms. The minimum atomic E-state index is -0.432. The molecule has 0 aliphatic carbocycles. The Kier molecular flexibility index (Phi) is 3.85. The number of nitrogens with zero attached hydrogens (tertiary/aromatic N) is 2. The van der Waals surface area contributed by atoms with E-state index in [1.54, 1.807) is 47.5 Å². The van der Waals surface area contributed by atoms with Crippen molar-refractivity contribution < 1.29 is 14.3 Å². The monoisotopic (exact) mass is 338 g/mol. The third-order valence-corrected chi connectivity index (χ3v) is 4.46. The van der Waals surface area contributed by atoms with E-state index in [1.165, 1.54) is 0 Å². The molecule has 4 rings (SSSR count). The molecule has 1 saturated heterocycles. The maximum atomic E-state index is 12.6. The fourth-order valence-corrected chi connectivity index (χ4v) is 3.24. The summed E-state index contributed by atoms with van der Waals surface area (Å²) in [6, 6.07) is 10.1. The van der Waals surface area contributed by atoms with Crippen LogP contribution in [0.4, 0.5) is 16.3 Å². The Morgan fingerprint density at radius 2 is 2.16 bits per heavy atom. The van der Waals surface area contributed by atoms with Crippen LogP contribution in [-0.2, 0) is 4.74 Å². The first-order chi connectivity index (χ1) is 12.2. The van der Waals surface area contributed by atoms with Crippen LogP contribution < -0.4 is 10.6 Å². The predicted molar refractivity (Wildman–Crippen MR) is 92.3 cm³/mol. The van der Waals surface area contributed by atoms with E-state index in [0.29, 0.717) is 23.6 Å². The van der Waals surface area contributed by atoms with E-state index in [9.17, 15) is 9.59 Å². The van der Waals surface area contributed by atoms with Crippen LogP contribution in [0.5, 0.6) is 0 Å². The van der Waals surface area contributed by atoms with Crippen molar-refractivity contribution >= 4 is 23.4 Å². The number of aromatic nitrogens is 1. The predicted octanol–water partition coefficient (Wildman–Crippen LogP) is 2.99. The summed E-state index contributed by atoms with van der Waals surface area (Å²) in [6.45, 7) is 2.61. The van der Waals surface area contributed by atoms with Gasteiger partial charge in [0, 0.05) is 17.3 Å². The van der Waals surface area contributed by atoms with E-state index < -0.39 is 12.3 Å². The topological polar surface area (TPSA) is 83.6 Å². The first kappa shape index (κ1) is 15.6. The van der Waals surface area contributed by atoms with Gasteiger partial charge in [0.2, 0.25) is 0 Å². The van der Waals surface area contributed by atoms with E-state index in [4.69, 9.17) is 4.74 Å². The van der Waals surface area contributed by atoms with Gasteiger partial charge in [-0.2, -0.15) is 0 Å². The number of hydrogen-bond acceptors (Lipinski definition) is 4. The van der Waals surface area contributed by atoms with Crippen molar-refractivity contribution in [3.05, 3.63) is 53.7 Å². The summed E-state index contributed by atoms with van der Waals surface area (Å²) >= 11 is 0. The first-order valence-electron chi connectivity index (χ1n) is 8.25. The molecule has 2 N–H and O–H groups in total. The molecule has 1 aromatic heterocycles. The largest absolute Gasteiger partial charge is 0.349 e. The van der Waals surface area contributed by atoms with E-state index in [-0.39, 0.29) is 12.0 Å². The highest BCUT2D eigenvalue weighted by atomic mass is 16.5. The van der Waals surface area contributed by atoms with E-state index in [0.717, 1.165) is 12.0 Å². The first-order valence-corrected chi connectivity index (χ1v) is 8.25. The molecule has 1 fully saturated rings. The van der Waals surface area contributed by atoms with Gasteiger partial charge < -0.3 is 15.0 Å².